The van der Waals surface area contributed by atoms with E-state index in [0.29, 0.717) is 6.54 Å². The Morgan fingerprint density at radius 2 is 1.88 bits per heavy atom. The van der Waals surface area contributed by atoms with Crippen molar-refractivity contribution in [1.82, 2.24) is 19.2 Å². The molecule has 0 spiro atoms. The van der Waals surface area contributed by atoms with E-state index in [4.69, 9.17) is 0 Å². The molecule has 1 atom stereocenters. The summed E-state index contributed by atoms with van der Waals surface area (Å²) in [7, 11) is 1.67. The molecule has 3 rings (SSSR count). The van der Waals surface area contributed by atoms with Crippen molar-refractivity contribution >= 4 is 5.91 Å². The van der Waals surface area contributed by atoms with Gasteiger partial charge in [0.05, 0.1) is 5.69 Å². The van der Waals surface area contributed by atoms with Gasteiger partial charge in [0.15, 0.2) is 0 Å². The second-order valence-electron chi connectivity index (χ2n) is 7.78. The van der Waals surface area contributed by atoms with Gasteiger partial charge in [0, 0.05) is 31.5 Å². The van der Waals surface area contributed by atoms with E-state index >= 15 is 0 Å². The largest absolute Gasteiger partial charge is 0.350 e. The van der Waals surface area contributed by atoms with Gasteiger partial charge in [-0.3, -0.25) is 4.79 Å². The fourth-order valence-electron chi connectivity index (χ4n) is 3.41. The first-order valence-electron chi connectivity index (χ1n) is 8.80. The zero-order valence-electron chi connectivity index (χ0n) is 15.4. The number of aromatic nitrogens is 3. The van der Waals surface area contributed by atoms with Crippen LogP contribution in [0.2, 0.25) is 0 Å². The number of nitrogens with zero attached hydrogens (tertiary/aromatic N) is 4. The smallest absolute Gasteiger partial charge is 0.342 e. The number of carbonyl (C=O) groups is 1. The van der Waals surface area contributed by atoms with Crippen molar-refractivity contribution in [3.8, 4) is 5.69 Å². The molecule has 0 radical (unpaired) electrons. The van der Waals surface area contributed by atoms with Crippen LogP contribution in [0.15, 0.2) is 35.1 Å². The zero-order valence-corrected chi connectivity index (χ0v) is 15.4. The predicted octanol–water partition coefficient (Wildman–Crippen LogP) is 2.32. The molecule has 1 saturated heterocycles. The highest BCUT2D eigenvalue weighted by Crippen LogP contribution is 2.29. The molecule has 0 bridgehead atoms. The molecule has 134 valence electrons. The summed E-state index contributed by atoms with van der Waals surface area (Å²) in [5.74, 6) is 0.959. The summed E-state index contributed by atoms with van der Waals surface area (Å²) in [5.41, 5.74) is 0.265. The Balaban J connectivity index is 1.96. The van der Waals surface area contributed by atoms with E-state index in [9.17, 15) is 9.59 Å². The van der Waals surface area contributed by atoms with Crippen LogP contribution in [-0.4, -0.2) is 38.2 Å². The lowest BCUT2D eigenvalue weighted by molar-refractivity contribution is -0.140. The van der Waals surface area contributed by atoms with Gasteiger partial charge < -0.3 is 4.90 Å². The van der Waals surface area contributed by atoms with Crippen LogP contribution in [0.3, 0.4) is 0 Å². The molecule has 0 saturated carbocycles. The van der Waals surface area contributed by atoms with Crippen molar-refractivity contribution < 1.29 is 4.79 Å². The Labute approximate surface area is 148 Å². The SMILES string of the molecule is Cn1nc(C2CCCN(C(=O)C(C)(C)C)C2)n(-c2ccccc2)c1=O. The van der Waals surface area contributed by atoms with Crippen molar-refractivity contribution in [1.29, 1.82) is 0 Å². The van der Waals surface area contributed by atoms with Gasteiger partial charge in [-0.1, -0.05) is 39.0 Å². The first kappa shape index (κ1) is 17.5. The minimum atomic E-state index is -0.398. The minimum absolute atomic E-state index is 0.0640. The second-order valence-corrected chi connectivity index (χ2v) is 7.78. The molecular formula is C19H26N4O2. The average Bonchev–Trinajstić information content (AvgIpc) is 2.89. The Kier molecular flexibility index (Phi) is 4.54. The molecular weight excluding hydrogens is 316 g/mol. The molecule has 2 aromatic rings. The summed E-state index contributed by atoms with van der Waals surface area (Å²) in [4.78, 5) is 27.2. The Morgan fingerprint density at radius 3 is 2.52 bits per heavy atom. The monoisotopic (exact) mass is 342 g/mol. The molecule has 1 aromatic heterocycles. The molecule has 1 aromatic carbocycles. The number of amides is 1. The normalized spacial score (nSPS) is 18.4. The number of carbonyl (C=O) groups excluding carboxylic acids is 1. The van der Waals surface area contributed by atoms with Crippen LogP contribution in [-0.2, 0) is 11.8 Å². The maximum absolute atomic E-state index is 12.7. The van der Waals surface area contributed by atoms with Crippen molar-refractivity contribution in [3.05, 3.63) is 46.6 Å². The molecule has 6 heteroatoms. The van der Waals surface area contributed by atoms with E-state index in [1.807, 2.05) is 56.0 Å². The molecule has 0 aliphatic carbocycles. The Morgan fingerprint density at radius 1 is 1.20 bits per heavy atom. The van der Waals surface area contributed by atoms with Crippen LogP contribution in [0.1, 0.15) is 45.4 Å². The van der Waals surface area contributed by atoms with Crippen LogP contribution in [0.4, 0.5) is 0 Å². The quantitative estimate of drug-likeness (QED) is 0.841. The van der Waals surface area contributed by atoms with Gasteiger partial charge >= 0.3 is 5.69 Å². The number of benzene rings is 1. The van der Waals surface area contributed by atoms with Crippen LogP contribution >= 0.6 is 0 Å². The van der Waals surface area contributed by atoms with E-state index in [1.54, 1.807) is 11.6 Å². The van der Waals surface area contributed by atoms with E-state index in [0.717, 1.165) is 30.9 Å². The van der Waals surface area contributed by atoms with Gasteiger partial charge in [-0.05, 0) is 25.0 Å². The van der Waals surface area contributed by atoms with E-state index in [1.165, 1.54) is 4.68 Å². The highest BCUT2D eigenvalue weighted by atomic mass is 16.2. The first-order valence-corrected chi connectivity index (χ1v) is 8.80. The Bertz CT molecular complexity index is 814. The minimum Gasteiger partial charge on any atom is -0.342 e. The van der Waals surface area contributed by atoms with Crippen molar-refractivity contribution in [3.63, 3.8) is 0 Å². The van der Waals surface area contributed by atoms with Crippen molar-refractivity contribution in [2.45, 2.75) is 39.5 Å². The number of hydrogen-bond donors (Lipinski definition) is 0. The van der Waals surface area contributed by atoms with Crippen LogP contribution in [0.5, 0.6) is 0 Å². The highest BCUT2D eigenvalue weighted by molar-refractivity contribution is 5.81. The van der Waals surface area contributed by atoms with Crippen LogP contribution in [0.25, 0.3) is 5.69 Å². The maximum Gasteiger partial charge on any atom is 0.350 e. The number of likely N-dealkylation sites (tertiary alicyclic amines) is 1. The summed E-state index contributed by atoms with van der Waals surface area (Å²) < 4.78 is 3.06. The third-order valence-corrected chi connectivity index (χ3v) is 4.68. The second kappa shape index (κ2) is 6.50. The Hall–Kier alpha value is -2.37. The molecule has 1 aliphatic heterocycles. The zero-order chi connectivity index (χ0) is 18.2. The summed E-state index contributed by atoms with van der Waals surface area (Å²) in [6.07, 6.45) is 1.85. The lowest BCUT2D eigenvalue weighted by Gasteiger charge is -2.36. The predicted molar refractivity (Wildman–Crippen MR) is 96.8 cm³/mol. The van der Waals surface area contributed by atoms with Crippen molar-refractivity contribution in [2.24, 2.45) is 12.5 Å². The summed E-state index contributed by atoms with van der Waals surface area (Å²) >= 11 is 0. The number of rotatable bonds is 2. The van der Waals surface area contributed by atoms with E-state index < -0.39 is 5.41 Å². The summed E-state index contributed by atoms with van der Waals surface area (Å²) in [5, 5.41) is 4.50. The highest BCUT2D eigenvalue weighted by Gasteiger charge is 2.33. The number of hydrogen-bond acceptors (Lipinski definition) is 3. The fraction of sp³-hybridized carbons (Fsp3) is 0.526. The third-order valence-electron chi connectivity index (χ3n) is 4.68. The third kappa shape index (κ3) is 3.38. The molecule has 25 heavy (non-hydrogen) atoms. The molecule has 2 heterocycles. The van der Waals surface area contributed by atoms with E-state index in [-0.39, 0.29) is 17.5 Å². The van der Waals surface area contributed by atoms with Gasteiger partial charge in [0.25, 0.3) is 0 Å². The lowest BCUT2D eigenvalue weighted by Crippen LogP contribution is -2.45. The van der Waals surface area contributed by atoms with Gasteiger partial charge in [0.1, 0.15) is 5.82 Å². The van der Waals surface area contributed by atoms with Crippen LogP contribution in [0, 0.1) is 5.41 Å². The molecule has 1 amide bonds. The molecule has 1 unspecified atom stereocenters. The number of aryl methyl sites for hydroxylation is 1. The van der Waals surface area contributed by atoms with Gasteiger partial charge in [-0.25, -0.2) is 14.0 Å². The summed E-state index contributed by atoms with van der Waals surface area (Å²) in [6, 6.07) is 9.57. The lowest BCUT2D eigenvalue weighted by atomic mass is 9.91. The standard InChI is InChI=1S/C19H26N4O2/c1-19(2,3)17(24)22-12-8-9-14(13-22)16-20-21(4)18(25)23(16)15-10-6-5-7-11-15/h5-7,10-11,14H,8-9,12-13H2,1-4H3. The molecule has 1 fully saturated rings. The molecule has 1 aliphatic rings. The number of para-hydroxylation sites is 1. The van der Waals surface area contributed by atoms with Gasteiger partial charge in [0.2, 0.25) is 5.91 Å². The van der Waals surface area contributed by atoms with Crippen molar-refractivity contribution in [2.75, 3.05) is 13.1 Å². The average molecular weight is 342 g/mol. The number of piperidine rings is 1. The molecule has 6 nitrogen and oxygen atoms in total. The summed E-state index contributed by atoms with van der Waals surface area (Å²) in [6.45, 7) is 7.22. The molecule has 0 N–H and O–H groups in total. The maximum atomic E-state index is 12.7. The first-order chi connectivity index (χ1) is 11.8. The topological polar surface area (TPSA) is 60.1 Å². The van der Waals surface area contributed by atoms with Crippen LogP contribution < -0.4 is 5.69 Å². The van der Waals surface area contributed by atoms with Gasteiger partial charge in [-0.15, -0.1) is 0 Å². The van der Waals surface area contributed by atoms with Gasteiger partial charge in [-0.2, -0.15) is 5.10 Å². The fourth-order valence-corrected chi connectivity index (χ4v) is 3.41. The van der Waals surface area contributed by atoms with E-state index in [2.05, 4.69) is 5.10 Å².